The molecule has 0 bridgehead atoms. The summed E-state index contributed by atoms with van der Waals surface area (Å²) in [5.74, 6) is 0. The number of benzene rings is 2. The van der Waals surface area contributed by atoms with Gasteiger partial charge in [0.1, 0.15) is 0 Å². The summed E-state index contributed by atoms with van der Waals surface area (Å²) in [5, 5.41) is 11.8. The van der Waals surface area contributed by atoms with Crippen molar-refractivity contribution in [1.29, 1.82) is 0 Å². The molecule has 2 aromatic rings. The summed E-state index contributed by atoms with van der Waals surface area (Å²) in [4.78, 5) is 0. The van der Waals surface area contributed by atoms with E-state index in [0.717, 1.165) is 24.6 Å². The minimum Gasteiger partial charge on any atom is -0.388 e. The highest BCUT2D eigenvalue weighted by Crippen LogP contribution is 2.65. The van der Waals surface area contributed by atoms with E-state index in [9.17, 15) is 5.11 Å². The number of aliphatic hydroxyl groups excluding tert-OH is 1. The molecule has 2 aromatic carbocycles. The fourth-order valence-electron chi connectivity index (χ4n) is 3.42. The third kappa shape index (κ3) is 3.07. The second kappa shape index (κ2) is 6.34. The highest BCUT2D eigenvalue weighted by Gasteiger charge is 2.47. The molecule has 1 heterocycles. The van der Waals surface area contributed by atoms with Crippen LogP contribution in [0.4, 0.5) is 0 Å². The van der Waals surface area contributed by atoms with Gasteiger partial charge in [0.25, 0.3) is 0 Å². The van der Waals surface area contributed by atoms with Crippen LogP contribution in [0.25, 0.3) is 0 Å². The van der Waals surface area contributed by atoms with Crippen LogP contribution in [-0.4, -0.2) is 24.5 Å². The van der Waals surface area contributed by atoms with E-state index in [4.69, 9.17) is 7.57 Å². The van der Waals surface area contributed by atoms with Gasteiger partial charge < -0.3 is 5.11 Å². The Morgan fingerprint density at radius 1 is 1.05 bits per heavy atom. The van der Waals surface area contributed by atoms with Gasteiger partial charge in [0, 0.05) is 12.6 Å². The SMILES string of the molecule is [B][P+]1(c2ccccc2)CCCC1C[C@@H](O)c1ccccc1. The molecule has 1 N–H and O–H groups in total. The molecule has 2 unspecified atom stereocenters. The van der Waals surface area contributed by atoms with Gasteiger partial charge in [0.15, 0.2) is 0 Å². The number of hydrogen-bond acceptors (Lipinski definition) is 1. The van der Waals surface area contributed by atoms with E-state index in [1.54, 1.807) is 0 Å². The van der Waals surface area contributed by atoms with Crippen molar-refractivity contribution in [3.63, 3.8) is 0 Å². The van der Waals surface area contributed by atoms with Crippen LogP contribution in [0.2, 0.25) is 0 Å². The lowest BCUT2D eigenvalue weighted by Crippen LogP contribution is -2.22. The van der Waals surface area contributed by atoms with Gasteiger partial charge >= 0.3 is 7.57 Å². The summed E-state index contributed by atoms with van der Waals surface area (Å²) in [7, 11) is 5.23. The highest BCUT2D eigenvalue weighted by molar-refractivity contribution is 8.03. The van der Waals surface area contributed by atoms with Crippen LogP contribution in [0.15, 0.2) is 60.7 Å². The van der Waals surface area contributed by atoms with Crippen molar-refractivity contribution < 1.29 is 5.11 Å². The lowest BCUT2D eigenvalue weighted by atomic mass is 10.0. The van der Waals surface area contributed by atoms with Crippen LogP contribution in [-0.2, 0) is 0 Å². The zero-order valence-corrected chi connectivity index (χ0v) is 13.1. The zero-order chi connectivity index (χ0) is 14.7. The van der Waals surface area contributed by atoms with Gasteiger partial charge in [-0.1, -0.05) is 48.5 Å². The Labute approximate surface area is 129 Å². The molecule has 3 heteroatoms. The first-order valence-corrected chi connectivity index (χ1v) is 9.76. The number of aliphatic hydroxyl groups is 1. The molecular formula is C18H21BOP+. The van der Waals surface area contributed by atoms with Crippen molar-refractivity contribution in [2.45, 2.75) is 31.0 Å². The van der Waals surface area contributed by atoms with E-state index >= 15 is 0 Å². The maximum Gasteiger partial charge on any atom is 0.371 e. The van der Waals surface area contributed by atoms with Crippen molar-refractivity contribution in [2.24, 2.45) is 0 Å². The molecule has 2 radical (unpaired) electrons. The standard InChI is InChI=1S/C18H21BOP/c19-21(16-10-5-2-6-11-16)13-7-12-17(21)14-18(20)15-8-3-1-4-9-15/h1-6,8-11,17-18,20H,7,12-14H2/q+1/t17?,18-,21?/m1/s1. The third-order valence-electron chi connectivity index (χ3n) is 4.63. The fraction of sp³-hybridized carbons (Fsp3) is 0.333. The molecule has 21 heavy (non-hydrogen) atoms. The summed E-state index contributed by atoms with van der Waals surface area (Å²) in [5.41, 5.74) is 1.44. The van der Waals surface area contributed by atoms with Gasteiger partial charge in [-0.15, -0.1) is 0 Å². The lowest BCUT2D eigenvalue weighted by molar-refractivity contribution is 0.166. The molecule has 1 aliphatic rings. The van der Waals surface area contributed by atoms with E-state index in [0.29, 0.717) is 5.66 Å². The summed E-state index contributed by atoms with van der Waals surface area (Å²) in [6, 6.07) is 20.5. The van der Waals surface area contributed by atoms with Crippen molar-refractivity contribution in [2.75, 3.05) is 6.16 Å². The molecule has 0 amide bonds. The maximum atomic E-state index is 10.5. The van der Waals surface area contributed by atoms with E-state index in [1.807, 2.05) is 36.4 Å². The van der Waals surface area contributed by atoms with Crippen LogP contribution in [0.1, 0.15) is 30.9 Å². The van der Waals surface area contributed by atoms with Gasteiger partial charge in [-0.3, -0.25) is 0 Å². The van der Waals surface area contributed by atoms with Crippen molar-refractivity contribution >= 4 is 20.0 Å². The average Bonchev–Trinajstić information content (AvgIpc) is 2.91. The smallest absolute Gasteiger partial charge is 0.371 e. The summed E-state index contributed by atoms with van der Waals surface area (Å²) in [6.07, 6.45) is 3.82. The van der Waals surface area contributed by atoms with Crippen LogP contribution in [0, 0.1) is 0 Å². The van der Waals surface area contributed by atoms with Gasteiger partial charge in [-0.05, 0) is 37.7 Å². The Kier molecular flexibility index (Phi) is 4.47. The maximum absolute atomic E-state index is 10.5. The Balaban J connectivity index is 1.79. The fourth-order valence-corrected chi connectivity index (χ4v) is 7.12. The average molecular weight is 295 g/mol. The highest BCUT2D eigenvalue weighted by atomic mass is 31.2. The van der Waals surface area contributed by atoms with Gasteiger partial charge in [0.2, 0.25) is 0 Å². The van der Waals surface area contributed by atoms with Crippen molar-refractivity contribution in [1.82, 2.24) is 0 Å². The lowest BCUT2D eigenvalue weighted by Gasteiger charge is -2.27. The second-order valence-electron chi connectivity index (χ2n) is 5.95. The van der Waals surface area contributed by atoms with Crippen LogP contribution in [0.3, 0.4) is 0 Å². The largest absolute Gasteiger partial charge is 0.388 e. The quantitative estimate of drug-likeness (QED) is 0.673. The minimum absolute atomic E-state index is 0.402. The first kappa shape index (κ1) is 14.8. The van der Waals surface area contributed by atoms with E-state index < -0.39 is 13.2 Å². The summed E-state index contributed by atoms with van der Waals surface area (Å²) < 4.78 is 0. The van der Waals surface area contributed by atoms with E-state index in [2.05, 4.69) is 24.3 Å². The minimum atomic E-state index is -1.62. The molecule has 0 saturated carbocycles. The predicted molar refractivity (Wildman–Crippen MR) is 92.7 cm³/mol. The normalized spacial score (nSPS) is 26.6. The molecule has 1 aliphatic heterocycles. The zero-order valence-electron chi connectivity index (χ0n) is 12.2. The summed E-state index contributed by atoms with van der Waals surface area (Å²) in [6.45, 7) is 0. The van der Waals surface area contributed by atoms with Crippen LogP contribution in [0.5, 0.6) is 0 Å². The van der Waals surface area contributed by atoms with Crippen molar-refractivity contribution in [3.8, 4) is 0 Å². The van der Waals surface area contributed by atoms with Gasteiger partial charge in [-0.2, -0.15) is 0 Å². The number of rotatable bonds is 4. The third-order valence-corrected chi connectivity index (χ3v) is 8.72. The Morgan fingerprint density at radius 3 is 2.33 bits per heavy atom. The topological polar surface area (TPSA) is 20.2 Å². The Morgan fingerprint density at radius 2 is 1.67 bits per heavy atom. The summed E-state index contributed by atoms with van der Waals surface area (Å²) >= 11 is 0. The molecule has 0 spiro atoms. The molecule has 0 aliphatic carbocycles. The molecule has 0 aromatic heterocycles. The predicted octanol–water partition coefficient (Wildman–Crippen LogP) is 3.70. The number of hydrogen-bond donors (Lipinski definition) is 1. The monoisotopic (exact) mass is 295 g/mol. The van der Waals surface area contributed by atoms with Crippen LogP contribution >= 0.6 is 7.14 Å². The molecule has 1 saturated heterocycles. The molecule has 106 valence electrons. The van der Waals surface area contributed by atoms with Gasteiger partial charge in [0.05, 0.1) is 17.1 Å². The van der Waals surface area contributed by atoms with Crippen molar-refractivity contribution in [3.05, 3.63) is 66.2 Å². The Hall–Kier alpha value is -1.11. The molecular weight excluding hydrogens is 274 g/mol. The second-order valence-corrected chi connectivity index (χ2v) is 9.50. The molecule has 3 rings (SSSR count). The van der Waals surface area contributed by atoms with E-state index in [1.165, 1.54) is 11.7 Å². The first-order chi connectivity index (χ1) is 10.2. The molecule has 3 atom stereocenters. The van der Waals surface area contributed by atoms with Gasteiger partial charge in [-0.25, -0.2) is 0 Å². The molecule has 1 nitrogen and oxygen atoms in total. The Bertz CT molecular complexity index is 574. The van der Waals surface area contributed by atoms with Crippen LogP contribution < -0.4 is 5.30 Å². The van der Waals surface area contributed by atoms with E-state index in [-0.39, 0.29) is 0 Å². The first-order valence-electron chi connectivity index (χ1n) is 7.65. The molecule has 1 fully saturated rings.